The van der Waals surface area contributed by atoms with Crippen molar-refractivity contribution >= 4 is 17.6 Å². The Morgan fingerprint density at radius 3 is 2.71 bits per heavy atom. The zero-order valence-corrected chi connectivity index (χ0v) is 18.6. The number of carbonyl (C=O) groups is 1. The molecule has 166 valence electrons. The first kappa shape index (κ1) is 22.8. The van der Waals surface area contributed by atoms with Gasteiger partial charge in [0.2, 0.25) is 0 Å². The predicted molar refractivity (Wildman–Crippen MR) is 126 cm³/mol. The lowest BCUT2D eigenvalue weighted by molar-refractivity contribution is -0.124. The number of anilines is 1. The second kappa shape index (κ2) is 12.1. The van der Waals surface area contributed by atoms with E-state index in [4.69, 9.17) is 9.73 Å². The van der Waals surface area contributed by atoms with Crippen LogP contribution in [0.25, 0.3) is 0 Å². The van der Waals surface area contributed by atoms with Gasteiger partial charge in [-0.15, -0.1) is 0 Å². The Kier molecular flexibility index (Phi) is 8.91. The molecular formula is C25H34N4O2. The van der Waals surface area contributed by atoms with Crippen LogP contribution in [0.3, 0.4) is 0 Å². The first-order valence-electron chi connectivity index (χ1n) is 11.2. The number of guanidine groups is 1. The molecule has 1 heterocycles. The van der Waals surface area contributed by atoms with Crippen molar-refractivity contribution in [3.63, 3.8) is 0 Å². The molecule has 1 saturated heterocycles. The lowest BCUT2D eigenvalue weighted by Gasteiger charge is -2.18. The molecule has 2 aromatic carbocycles. The monoisotopic (exact) mass is 422 g/mol. The van der Waals surface area contributed by atoms with E-state index in [0.717, 1.165) is 49.4 Å². The van der Waals surface area contributed by atoms with Crippen molar-refractivity contribution in [3.05, 3.63) is 65.7 Å². The Labute approximate surface area is 185 Å². The summed E-state index contributed by atoms with van der Waals surface area (Å²) in [5.41, 5.74) is 3.17. The van der Waals surface area contributed by atoms with E-state index in [1.807, 2.05) is 30.3 Å². The maximum absolute atomic E-state index is 12.3. The number of carbonyl (C=O) groups excluding carboxylic acids is 1. The van der Waals surface area contributed by atoms with Crippen molar-refractivity contribution in [2.24, 2.45) is 4.99 Å². The quantitative estimate of drug-likeness (QED) is 0.423. The molecule has 0 radical (unpaired) electrons. The Balaban J connectivity index is 1.53. The number of benzene rings is 2. The van der Waals surface area contributed by atoms with E-state index >= 15 is 0 Å². The largest absolute Gasteiger partial charge is 0.368 e. The van der Waals surface area contributed by atoms with Crippen LogP contribution in [0, 0.1) is 0 Å². The number of hydrogen-bond acceptors (Lipinski definition) is 3. The van der Waals surface area contributed by atoms with Gasteiger partial charge < -0.3 is 20.7 Å². The molecule has 6 heteroatoms. The van der Waals surface area contributed by atoms with E-state index in [-0.39, 0.29) is 12.0 Å². The van der Waals surface area contributed by atoms with Crippen molar-refractivity contribution in [2.75, 3.05) is 18.5 Å². The summed E-state index contributed by atoms with van der Waals surface area (Å²) in [6, 6.07) is 18.7. The number of aliphatic imine (C=N–C) groups is 1. The van der Waals surface area contributed by atoms with Crippen LogP contribution in [0.1, 0.15) is 44.2 Å². The summed E-state index contributed by atoms with van der Waals surface area (Å²) in [5, 5.41) is 9.77. The van der Waals surface area contributed by atoms with Gasteiger partial charge in [0.25, 0.3) is 5.91 Å². The minimum absolute atomic E-state index is 0.0691. The van der Waals surface area contributed by atoms with Gasteiger partial charge in [-0.25, -0.2) is 4.99 Å². The summed E-state index contributed by atoms with van der Waals surface area (Å²) in [6.07, 6.45) is 3.45. The lowest BCUT2D eigenvalue weighted by atomic mass is 10.1. The van der Waals surface area contributed by atoms with Crippen molar-refractivity contribution in [1.29, 1.82) is 0 Å². The van der Waals surface area contributed by atoms with Crippen LogP contribution in [-0.2, 0) is 22.5 Å². The van der Waals surface area contributed by atoms with E-state index in [1.165, 1.54) is 5.56 Å². The highest BCUT2D eigenvalue weighted by atomic mass is 16.5. The number of amides is 1. The van der Waals surface area contributed by atoms with Gasteiger partial charge in [-0.1, -0.05) is 42.5 Å². The molecule has 2 aromatic rings. The average molecular weight is 423 g/mol. The van der Waals surface area contributed by atoms with Crippen LogP contribution in [0.15, 0.2) is 59.6 Å². The van der Waals surface area contributed by atoms with Crippen LogP contribution in [0.5, 0.6) is 0 Å². The second-order valence-electron chi connectivity index (χ2n) is 7.96. The van der Waals surface area contributed by atoms with E-state index in [1.54, 1.807) is 0 Å². The molecule has 3 N–H and O–H groups in total. The fourth-order valence-corrected chi connectivity index (χ4v) is 3.58. The highest BCUT2D eigenvalue weighted by Crippen LogP contribution is 2.16. The summed E-state index contributed by atoms with van der Waals surface area (Å²) < 4.78 is 5.46. The second-order valence-corrected chi connectivity index (χ2v) is 7.96. The fourth-order valence-electron chi connectivity index (χ4n) is 3.58. The zero-order chi connectivity index (χ0) is 21.9. The van der Waals surface area contributed by atoms with Gasteiger partial charge in [-0.3, -0.25) is 4.79 Å². The number of hydrogen-bond donors (Lipinski definition) is 3. The first-order valence-corrected chi connectivity index (χ1v) is 11.2. The standard InChI is InChI=1S/C25H34N4O2/c1-3-26-25(28-19(2)14-15-20-9-5-4-6-10-20)27-18-21-11-7-12-22(17-21)29-24(30)23-13-8-16-31-23/h4-7,9-12,17,19,23H,3,8,13-16,18H2,1-2H3,(H,29,30)(H2,26,27,28). The first-order chi connectivity index (χ1) is 15.1. The van der Waals surface area contributed by atoms with Crippen molar-refractivity contribution in [2.45, 2.75) is 58.2 Å². The molecule has 6 nitrogen and oxygen atoms in total. The third-order valence-electron chi connectivity index (χ3n) is 5.27. The molecule has 2 unspecified atom stereocenters. The zero-order valence-electron chi connectivity index (χ0n) is 18.6. The van der Waals surface area contributed by atoms with Gasteiger partial charge >= 0.3 is 0 Å². The maximum Gasteiger partial charge on any atom is 0.253 e. The molecule has 0 saturated carbocycles. The third kappa shape index (κ3) is 7.72. The SMILES string of the molecule is CCNC(=NCc1cccc(NC(=O)C2CCCO2)c1)NC(C)CCc1ccccc1. The number of aryl methyl sites for hydroxylation is 1. The molecule has 3 rings (SSSR count). The highest BCUT2D eigenvalue weighted by Gasteiger charge is 2.23. The van der Waals surface area contributed by atoms with E-state index in [9.17, 15) is 4.79 Å². The van der Waals surface area contributed by atoms with Crippen molar-refractivity contribution < 1.29 is 9.53 Å². The summed E-state index contributed by atoms with van der Waals surface area (Å²) in [7, 11) is 0. The fraction of sp³-hybridized carbons (Fsp3) is 0.440. The van der Waals surface area contributed by atoms with Crippen LogP contribution in [0.4, 0.5) is 5.69 Å². The van der Waals surface area contributed by atoms with Gasteiger partial charge in [0.1, 0.15) is 6.10 Å². The summed E-state index contributed by atoms with van der Waals surface area (Å²) in [4.78, 5) is 17.0. The molecule has 0 aromatic heterocycles. The molecule has 0 aliphatic carbocycles. The number of ether oxygens (including phenoxy) is 1. The molecule has 1 fully saturated rings. The number of nitrogens with one attached hydrogen (secondary N) is 3. The number of nitrogens with zero attached hydrogens (tertiary/aromatic N) is 1. The van der Waals surface area contributed by atoms with Crippen LogP contribution >= 0.6 is 0 Å². The predicted octanol–water partition coefficient (Wildman–Crippen LogP) is 3.88. The molecule has 0 spiro atoms. The summed E-state index contributed by atoms with van der Waals surface area (Å²) in [6.45, 7) is 6.24. The normalized spacial score (nSPS) is 17.2. The molecular weight excluding hydrogens is 388 g/mol. The van der Waals surface area contributed by atoms with E-state index < -0.39 is 0 Å². The van der Waals surface area contributed by atoms with Crippen LogP contribution in [-0.4, -0.2) is 37.2 Å². The average Bonchev–Trinajstić information content (AvgIpc) is 3.32. The van der Waals surface area contributed by atoms with Crippen LogP contribution < -0.4 is 16.0 Å². The van der Waals surface area contributed by atoms with E-state index in [2.05, 4.69) is 54.1 Å². The van der Waals surface area contributed by atoms with Gasteiger partial charge in [-0.05, 0) is 62.8 Å². The Morgan fingerprint density at radius 1 is 1.16 bits per heavy atom. The molecule has 1 amide bonds. The van der Waals surface area contributed by atoms with Crippen molar-refractivity contribution in [3.8, 4) is 0 Å². The minimum Gasteiger partial charge on any atom is -0.368 e. The smallest absolute Gasteiger partial charge is 0.253 e. The Morgan fingerprint density at radius 2 is 1.97 bits per heavy atom. The minimum atomic E-state index is -0.330. The number of rotatable bonds is 9. The van der Waals surface area contributed by atoms with Gasteiger partial charge in [0.15, 0.2) is 5.96 Å². The molecule has 0 bridgehead atoms. The molecule has 1 aliphatic rings. The molecule has 1 aliphatic heterocycles. The Bertz CT molecular complexity index is 848. The maximum atomic E-state index is 12.3. The lowest BCUT2D eigenvalue weighted by Crippen LogP contribution is -2.42. The third-order valence-corrected chi connectivity index (χ3v) is 5.27. The topological polar surface area (TPSA) is 74.8 Å². The summed E-state index contributed by atoms with van der Waals surface area (Å²) >= 11 is 0. The Hall–Kier alpha value is -2.86. The van der Waals surface area contributed by atoms with Gasteiger partial charge in [0.05, 0.1) is 6.54 Å². The van der Waals surface area contributed by atoms with Crippen LogP contribution in [0.2, 0.25) is 0 Å². The summed E-state index contributed by atoms with van der Waals surface area (Å²) in [5.74, 6) is 0.734. The van der Waals surface area contributed by atoms with Crippen molar-refractivity contribution in [1.82, 2.24) is 10.6 Å². The van der Waals surface area contributed by atoms with Gasteiger partial charge in [-0.2, -0.15) is 0 Å². The molecule has 31 heavy (non-hydrogen) atoms. The van der Waals surface area contributed by atoms with E-state index in [0.29, 0.717) is 19.2 Å². The molecule has 2 atom stereocenters. The highest BCUT2D eigenvalue weighted by molar-refractivity contribution is 5.94. The van der Waals surface area contributed by atoms with Gasteiger partial charge in [0, 0.05) is 24.9 Å².